The lowest BCUT2D eigenvalue weighted by molar-refractivity contribution is 0.104. The predicted octanol–water partition coefficient (Wildman–Crippen LogP) is 0.903. The number of allylic oxidation sites excluding steroid dienone is 1. The van der Waals surface area contributed by atoms with Crippen molar-refractivity contribution < 1.29 is 24.1 Å². The standard InChI is InChI=1S/C18H18N2O7/c1-25-8-2-7-20-17(23)15(16(22)19-18(20)24)12(21)5-3-11-4-6-13-14(9-11)27-10-26-13/h3-6,9,23H,2,7-8,10H2,1H3,(H,19,22,24). The van der Waals surface area contributed by atoms with Crippen LogP contribution in [0.5, 0.6) is 17.4 Å². The van der Waals surface area contributed by atoms with E-state index in [2.05, 4.69) is 0 Å². The number of methoxy groups -OCH3 is 1. The zero-order valence-electron chi connectivity index (χ0n) is 14.6. The van der Waals surface area contributed by atoms with E-state index in [-0.39, 0.29) is 13.3 Å². The zero-order chi connectivity index (χ0) is 19.4. The number of nitrogens with zero attached hydrogens (tertiary/aromatic N) is 1. The summed E-state index contributed by atoms with van der Waals surface area (Å²) in [5, 5.41) is 10.3. The number of H-pyrrole nitrogens is 1. The molecular formula is C18H18N2O7. The van der Waals surface area contributed by atoms with Crippen molar-refractivity contribution in [2.24, 2.45) is 0 Å². The maximum absolute atomic E-state index is 12.4. The monoisotopic (exact) mass is 374 g/mol. The number of rotatable bonds is 7. The van der Waals surface area contributed by atoms with Gasteiger partial charge in [-0.1, -0.05) is 12.1 Å². The quantitative estimate of drug-likeness (QED) is 0.420. The molecule has 0 amide bonds. The Kier molecular flexibility index (Phi) is 5.41. The number of aromatic hydroxyl groups is 1. The van der Waals surface area contributed by atoms with E-state index in [0.29, 0.717) is 30.1 Å². The molecule has 1 aliphatic rings. The summed E-state index contributed by atoms with van der Waals surface area (Å²) in [5.74, 6) is -0.236. The number of hydrogen-bond donors (Lipinski definition) is 2. The van der Waals surface area contributed by atoms with Crippen molar-refractivity contribution in [2.45, 2.75) is 13.0 Å². The minimum absolute atomic E-state index is 0.0987. The summed E-state index contributed by atoms with van der Waals surface area (Å²) in [7, 11) is 1.51. The first-order valence-corrected chi connectivity index (χ1v) is 8.18. The van der Waals surface area contributed by atoms with Gasteiger partial charge in [-0.15, -0.1) is 0 Å². The van der Waals surface area contributed by atoms with Gasteiger partial charge in [-0.2, -0.15) is 0 Å². The summed E-state index contributed by atoms with van der Waals surface area (Å²) in [6.07, 6.45) is 3.05. The van der Waals surface area contributed by atoms with Crippen molar-refractivity contribution in [3.63, 3.8) is 0 Å². The van der Waals surface area contributed by atoms with Gasteiger partial charge in [0.2, 0.25) is 12.7 Å². The summed E-state index contributed by atoms with van der Waals surface area (Å²) in [4.78, 5) is 38.3. The molecule has 0 spiro atoms. The number of ether oxygens (including phenoxy) is 3. The molecule has 1 aliphatic heterocycles. The molecule has 0 fully saturated rings. The summed E-state index contributed by atoms with van der Waals surface area (Å²) in [6, 6.07) is 5.10. The highest BCUT2D eigenvalue weighted by Crippen LogP contribution is 2.32. The average Bonchev–Trinajstić information content (AvgIpc) is 3.10. The van der Waals surface area contributed by atoms with Crippen LogP contribution in [-0.4, -0.2) is 41.0 Å². The van der Waals surface area contributed by atoms with Crippen molar-refractivity contribution in [1.29, 1.82) is 0 Å². The van der Waals surface area contributed by atoms with E-state index in [9.17, 15) is 19.5 Å². The van der Waals surface area contributed by atoms with E-state index in [1.165, 1.54) is 13.2 Å². The third kappa shape index (κ3) is 3.93. The molecule has 0 bridgehead atoms. The van der Waals surface area contributed by atoms with Crippen molar-refractivity contribution in [3.05, 3.63) is 56.2 Å². The lowest BCUT2D eigenvalue weighted by atomic mass is 10.1. The highest BCUT2D eigenvalue weighted by atomic mass is 16.7. The van der Waals surface area contributed by atoms with Gasteiger partial charge < -0.3 is 19.3 Å². The Morgan fingerprint density at radius 1 is 1.33 bits per heavy atom. The minimum atomic E-state index is -0.944. The zero-order valence-corrected chi connectivity index (χ0v) is 14.6. The molecule has 27 heavy (non-hydrogen) atoms. The largest absolute Gasteiger partial charge is 0.494 e. The smallest absolute Gasteiger partial charge is 0.331 e. The molecule has 0 unspecified atom stereocenters. The van der Waals surface area contributed by atoms with Crippen molar-refractivity contribution >= 4 is 11.9 Å². The van der Waals surface area contributed by atoms with Crippen LogP contribution in [0.3, 0.4) is 0 Å². The van der Waals surface area contributed by atoms with Crippen molar-refractivity contribution in [2.75, 3.05) is 20.5 Å². The fourth-order valence-electron chi connectivity index (χ4n) is 2.63. The van der Waals surface area contributed by atoms with E-state index in [1.807, 2.05) is 4.98 Å². The Labute approximate surface area is 153 Å². The highest BCUT2D eigenvalue weighted by Gasteiger charge is 2.19. The van der Waals surface area contributed by atoms with Crippen LogP contribution in [-0.2, 0) is 11.3 Å². The van der Waals surface area contributed by atoms with Gasteiger partial charge in [0.25, 0.3) is 5.56 Å². The van der Waals surface area contributed by atoms with Crippen LogP contribution in [0, 0.1) is 0 Å². The van der Waals surface area contributed by atoms with E-state index in [1.54, 1.807) is 18.2 Å². The number of carbonyl (C=O) groups excluding carboxylic acids is 1. The fraction of sp³-hybridized carbons (Fsp3) is 0.278. The number of aromatic amines is 1. The molecule has 9 nitrogen and oxygen atoms in total. The molecule has 0 saturated heterocycles. The molecule has 1 aromatic heterocycles. The van der Waals surface area contributed by atoms with Crippen LogP contribution >= 0.6 is 0 Å². The molecule has 2 aromatic rings. The number of hydrogen-bond acceptors (Lipinski definition) is 7. The fourth-order valence-corrected chi connectivity index (χ4v) is 2.63. The number of ketones is 1. The van der Waals surface area contributed by atoms with E-state index < -0.39 is 28.5 Å². The van der Waals surface area contributed by atoms with Crippen LogP contribution < -0.4 is 20.7 Å². The predicted molar refractivity (Wildman–Crippen MR) is 95.4 cm³/mol. The van der Waals surface area contributed by atoms with Crippen LogP contribution in [0.2, 0.25) is 0 Å². The minimum Gasteiger partial charge on any atom is -0.494 e. The number of fused-ring (bicyclic) bond motifs is 1. The van der Waals surface area contributed by atoms with Gasteiger partial charge in [0, 0.05) is 20.3 Å². The Morgan fingerprint density at radius 2 is 2.11 bits per heavy atom. The molecule has 1 aromatic carbocycles. The topological polar surface area (TPSA) is 120 Å². The number of benzene rings is 1. The van der Waals surface area contributed by atoms with Crippen LogP contribution in [0.4, 0.5) is 0 Å². The second-order valence-electron chi connectivity index (χ2n) is 5.77. The number of nitrogens with one attached hydrogen (secondary N) is 1. The maximum Gasteiger partial charge on any atom is 0.331 e. The lowest BCUT2D eigenvalue weighted by Gasteiger charge is -2.09. The number of carbonyl (C=O) groups is 1. The second-order valence-corrected chi connectivity index (χ2v) is 5.77. The Balaban J connectivity index is 1.86. The van der Waals surface area contributed by atoms with Crippen LogP contribution in [0.1, 0.15) is 22.3 Å². The van der Waals surface area contributed by atoms with Gasteiger partial charge in [-0.3, -0.25) is 19.1 Å². The maximum atomic E-state index is 12.4. The third-order valence-corrected chi connectivity index (χ3v) is 3.97. The van der Waals surface area contributed by atoms with Crippen LogP contribution in [0.15, 0.2) is 33.9 Å². The summed E-state index contributed by atoms with van der Waals surface area (Å²) in [6.45, 7) is 0.592. The molecule has 9 heteroatoms. The third-order valence-electron chi connectivity index (χ3n) is 3.97. The summed E-state index contributed by atoms with van der Waals surface area (Å²) < 4.78 is 16.3. The summed E-state index contributed by atoms with van der Waals surface area (Å²) >= 11 is 0. The van der Waals surface area contributed by atoms with Crippen molar-refractivity contribution in [3.8, 4) is 17.4 Å². The van der Waals surface area contributed by atoms with Gasteiger partial charge >= 0.3 is 5.69 Å². The average molecular weight is 374 g/mol. The van der Waals surface area contributed by atoms with Gasteiger partial charge in [-0.25, -0.2) is 4.79 Å². The van der Waals surface area contributed by atoms with E-state index >= 15 is 0 Å². The first-order valence-electron chi connectivity index (χ1n) is 8.18. The first-order chi connectivity index (χ1) is 13.0. The second kappa shape index (κ2) is 7.92. The molecule has 0 aliphatic carbocycles. The SMILES string of the molecule is COCCCn1c(O)c(C(=O)C=Cc2ccc3c(c2)OCO3)c(=O)[nH]c1=O. The van der Waals surface area contributed by atoms with E-state index in [4.69, 9.17) is 14.2 Å². The molecule has 142 valence electrons. The Hall–Kier alpha value is -3.33. The van der Waals surface area contributed by atoms with Crippen molar-refractivity contribution in [1.82, 2.24) is 9.55 Å². The molecule has 2 heterocycles. The molecule has 2 N–H and O–H groups in total. The summed E-state index contributed by atoms with van der Waals surface area (Å²) in [5.41, 5.74) is -1.58. The normalized spacial score (nSPS) is 12.6. The van der Waals surface area contributed by atoms with Gasteiger partial charge in [0.15, 0.2) is 17.3 Å². The molecular weight excluding hydrogens is 356 g/mol. The van der Waals surface area contributed by atoms with Gasteiger partial charge in [-0.05, 0) is 30.2 Å². The lowest BCUT2D eigenvalue weighted by Crippen LogP contribution is -2.33. The first kappa shape index (κ1) is 18.5. The van der Waals surface area contributed by atoms with Gasteiger partial charge in [0.1, 0.15) is 5.56 Å². The molecule has 0 radical (unpaired) electrons. The molecule has 0 saturated carbocycles. The number of aromatic nitrogens is 2. The van der Waals surface area contributed by atoms with E-state index in [0.717, 1.165) is 10.6 Å². The Bertz CT molecular complexity index is 1000. The van der Waals surface area contributed by atoms with Crippen LogP contribution in [0.25, 0.3) is 6.08 Å². The highest BCUT2D eigenvalue weighted by molar-refractivity contribution is 6.08. The molecule has 3 rings (SSSR count). The van der Waals surface area contributed by atoms with Gasteiger partial charge in [0.05, 0.1) is 0 Å². The molecule has 0 atom stereocenters. The Morgan fingerprint density at radius 3 is 2.89 bits per heavy atom.